The van der Waals surface area contributed by atoms with Gasteiger partial charge in [-0.2, -0.15) is 0 Å². The summed E-state index contributed by atoms with van der Waals surface area (Å²) in [4.78, 5) is 3.94. The van der Waals surface area contributed by atoms with Crippen molar-refractivity contribution >= 4 is 26.0 Å². The summed E-state index contributed by atoms with van der Waals surface area (Å²) in [7, 11) is -3.54. The van der Waals surface area contributed by atoms with Gasteiger partial charge in [-0.15, -0.1) is 5.10 Å². The maximum atomic E-state index is 11.9. The lowest BCUT2D eigenvalue weighted by Crippen LogP contribution is -2.27. The summed E-state index contributed by atoms with van der Waals surface area (Å²) >= 11 is 3.18. The molecule has 0 saturated heterocycles. The Morgan fingerprint density at radius 1 is 1.39 bits per heavy atom. The fraction of sp³-hybridized carbons (Fsp3) is 0.222. The predicted octanol–water partition coefficient (Wildman–Crippen LogP) is 0.414. The van der Waals surface area contributed by atoms with Gasteiger partial charge in [-0.25, -0.2) is 13.1 Å². The SMILES string of the molecule is O=S(=O)(NCCn1ccnn1)c1cncc(Br)c1. The first-order valence-corrected chi connectivity index (χ1v) is 7.30. The van der Waals surface area contributed by atoms with Crippen LogP contribution in [0.3, 0.4) is 0 Å². The summed E-state index contributed by atoms with van der Waals surface area (Å²) in [5, 5.41) is 7.36. The average Bonchev–Trinajstić information content (AvgIpc) is 2.82. The van der Waals surface area contributed by atoms with Crippen molar-refractivity contribution in [3.05, 3.63) is 35.3 Å². The molecule has 2 rings (SSSR count). The van der Waals surface area contributed by atoms with Gasteiger partial charge in [-0.05, 0) is 22.0 Å². The molecule has 0 aliphatic rings. The van der Waals surface area contributed by atoms with Crippen LogP contribution < -0.4 is 4.72 Å². The van der Waals surface area contributed by atoms with Crippen molar-refractivity contribution in [1.29, 1.82) is 0 Å². The Hall–Kier alpha value is -1.32. The maximum Gasteiger partial charge on any atom is 0.242 e. The molecular weight excluding hydrogens is 322 g/mol. The van der Waals surface area contributed by atoms with E-state index in [1.807, 2.05) is 0 Å². The first kappa shape index (κ1) is 13.1. The minimum absolute atomic E-state index is 0.121. The topological polar surface area (TPSA) is 89.8 Å². The third-order valence-corrected chi connectivity index (χ3v) is 3.96. The molecule has 0 aliphatic carbocycles. The molecule has 0 radical (unpaired) electrons. The lowest BCUT2D eigenvalue weighted by molar-refractivity contribution is 0.552. The second-order valence-corrected chi connectivity index (χ2v) is 6.09. The van der Waals surface area contributed by atoms with Gasteiger partial charge in [0.25, 0.3) is 0 Å². The van der Waals surface area contributed by atoms with Crippen LogP contribution in [0.1, 0.15) is 0 Å². The molecule has 0 saturated carbocycles. The molecule has 0 fully saturated rings. The van der Waals surface area contributed by atoms with Gasteiger partial charge in [0.2, 0.25) is 10.0 Å². The van der Waals surface area contributed by atoms with Crippen molar-refractivity contribution in [3.8, 4) is 0 Å². The highest BCUT2D eigenvalue weighted by Gasteiger charge is 2.13. The Labute approximate surface area is 112 Å². The normalized spacial score (nSPS) is 11.6. The van der Waals surface area contributed by atoms with Gasteiger partial charge >= 0.3 is 0 Å². The highest BCUT2D eigenvalue weighted by Crippen LogP contribution is 2.13. The van der Waals surface area contributed by atoms with Gasteiger partial charge in [0.05, 0.1) is 12.7 Å². The van der Waals surface area contributed by atoms with Gasteiger partial charge in [0.15, 0.2) is 0 Å². The smallest absolute Gasteiger partial charge is 0.242 e. The zero-order valence-corrected chi connectivity index (χ0v) is 11.6. The number of sulfonamides is 1. The second-order valence-electron chi connectivity index (χ2n) is 3.40. The van der Waals surface area contributed by atoms with Gasteiger partial charge in [0, 0.05) is 29.6 Å². The molecular formula is C9H10BrN5O2S. The maximum absolute atomic E-state index is 11.9. The average molecular weight is 332 g/mol. The lowest BCUT2D eigenvalue weighted by Gasteiger charge is -2.06. The number of hydrogen-bond acceptors (Lipinski definition) is 5. The molecule has 0 atom stereocenters. The fourth-order valence-corrected chi connectivity index (χ4v) is 2.79. The van der Waals surface area contributed by atoms with Crippen molar-refractivity contribution in [2.24, 2.45) is 0 Å². The van der Waals surface area contributed by atoms with Gasteiger partial charge in [-0.3, -0.25) is 9.67 Å². The molecule has 2 aromatic heterocycles. The number of aromatic nitrogens is 4. The minimum Gasteiger partial charge on any atom is -0.262 e. The monoisotopic (exact) mass is 331 g/mol. The Kier molecular flexibility index (Phi) is 4.04. The van der Waals surface area contributed by atoms with Crippen molar-refractivity contribution in [2.45, 2.75) is 11.4 Å². The van der Waals surface area contributed by atoms with E-state index in [-0.39, 0.29) is 11.4 Å². The lowest BCUT2D eigenvalue weighted by atomic mass is 10.5. The van der Waals surface area contributed by atoms with Crippen LogP contribution in [-0.4, -0.2) is 34.9 Å². The number of pyridine rings is 1. The third-order valence-electron chi connectivity index (χ3n) is 2.10. The van der Waals surface area contributed by atoms with E-state index in [1.54, 1.807) is 10.9 Å². The van der Waals surface area contributed by atoms with Crippen LogP contribution in [0.2, 0.25) is 0 Å². The Morgan fingerprint density at radius 2 is 2.22 bits per heavy atom. The Bertz CT molecular complexity index is 614. The van der Waals surface area contributed by atoms with Crippen LogP contribution in [0.15, 0.2) is 40.2 Å². The van der Waals surface area contributed by atoms with Crippen LogP contribution in [0.25, 0.3) is 0 Å². The molecule has 0 aromatic carbocycles. The molecule has 2 heterocycles. The van der Waals surface area contributed by atoms with Crippen molar-refractivity contribution in [3.63, 3.8) is 0 Å². The van der Waals surface area contributed by atoms with Crippen molar-refractivity contribution < 1.29 is 8.42 Å². The van der Waals surface area contributed by atoms with Gasteiger partial charge < -0.3 is 0 Å². The van der Waals surface area contributed by atoms with E-state index in [9.17, 15) is 8.42 Å². The van der Waals surface area contributed by atoms with Crippen molar-refractivity contribution in [2.75, 3.05) is 6.54 Å². The van der Waals surface area contributed by atoms with E-state index in [2.05, 4.69) is 35.9 Å². The summed E-state index contributed by atoms with van der Waals surface area (Å²) in [5.74, 6) is 0. The zero-order chi connectivity index (χ0) is 13.0. The molecule has 0 unspecified atom stereocenters. The highest BCUT2D eigenvalue weighted by atomic mass is 79.9. The van der Waals surface area contributed by atoms with Gasteiger partial charge in [-0.1, -0.05) is 5.21 Å². The summed E-state index contributed by atoms with van der Waals surface area (Å²) in [5.41, 5.74) is 0. The first-order valence-electron chi connectivity index (χ1n) is 5.02. The summed E-state index contributed by atoms with van der Waals surface area (Å²) < 4.78 is 28.4. The molecule has 96 valence electrons. The molecule has 0 aliphatic heterocycles. The van der Waals surface area contributed by atoms with E-state index in [0.29, 0.717) is 11.0 Å². The number of rotatable bonds is 5. The van der Waals surface area contributed by atoms with E-state index in [0.717, 1.165) is 0 Å². The number of nitrogens with zero attached hydrogens (tertiary/aromatic N) is 4. The molecule has 1 N–H and O–H groups in total. The summed E-state index contributed by atoms with van der Waals surface area (Å²) in [6, 6.07) is 1.49. The molecule has 9 heteroatoms. The van der Waals surface area contributed by atoms with Crippen LogP contribution in [0.5, 0.6) is 0 Å². The van der Waals surface area contributed by atoms with Crippen LogP contribution >= 0.6 is 15.9 Å². The van der Waals surface area contributed by atoms with E-state index in [1.165, 1.54) is 24.7 Å². The molecule has 2 aromatic rings. The zero-order valence-electron chi connectivity index (χ0n) is 9.19. The number of hydrogen-bond donors (Lipinski definition) is 1. The fourth-order valence-electron chi connectivity index (χ4n) is 1.27. The molecule has 0 spiro atoms. The number of nitrogens with one attached hydrogen (secondary N) is 1. The van der Waals surface area contributed by atoms with Crippen LogP contribution in [0.4, 0.5) is 0 Å². The van der Waals surface area contributed by atoms with Crippen molar-refractivity contribution in [1.82, 2.24) is 24.7 Å². The quantitative estimate of drug-likeness (QED) is 0.857. The Balaban J connectivity index is 1.99. The predicted molar refractivity (Wildman–Crippen MR) is 67.1 cm³/mol. The van der Waals surface area contributed by atoms with Gasteiger partial charge in [0.1, 0.15) is 4.90 Å². The largest absolute Gasteiger partial charge is 0.262 e. The summed E-state index contributed by atoms with van der Waals surface area (Å²) in [6.45, 7) is 0.652. The molecule has 18 heavy (non-hydrogen) atoms. The minimum atomic E-state index is -3.54. The standard InChI is InChI=1S/C9H10BrN5O2S/c10-8-5-9(7-11-6-8)18(16,17)13-2-4-15-3-1-12-14-15/h1,3,5-7,13H,2,4H2. The van der Waals surface area contributed by atoms with E-state index >= 15 is 0 Å². The number of halogens is 1. The third kappa shape index (κ3) is 3.34. The van der Waals surface area contributed by atoms with Crippen LogP contribution in [-0.2, 0) is 16.6 Å². The highest BCUT2D eigenvalue weighted by molar-refractivity contribution is 9.10. The summed E-state index contributed by atoms with van der Waals surface area (Å²) in [6.07, 6.45) is 6.01. The molecule has 7 nitrogen and oxygen atoms in total. The van der Waals surface area contributed by atoms with Crippen LogP contribution in [0, 0.1) is 0 Å². The molecule has 0 bridgehead atoms. The van der Waals surface area contributed by atoms with E-state index in [4.69, 9.17) is 0 Å². The van der Waals surface area contributed by atoms with E-state index < -0.39 is 10.0 Å². The molecule has 0 amide bonds. The second kappa shape index (κ2) is 5.55. The first-order chi connectivity index (χ1) is 8.58. The Morgan fingerprint density at radius 3 is 2.89 bits per heavy atom.